The van der Waals surface area contributed by atoms with Crippen molar-refractivity contribution >= 4 is 15.9 Å². The fourth-order valence-corrected chi connectivity index (χ4v) is 0.795. The van der Waals surface area contributed by atoms with Crippen LogP contribution in [0.2, 0.25) is 0 Å². The zero-order valence-electron chi connectivity index (χ0n) is 4.78. The molecule has 0 heterocycles. The van der Waals surface area contributed by atoms with Gasteiger partial charge in [-0.2, -0.15) is 0 Å². The Bertz CT molecular complexity index is 23.4. The number of hydrogen-bond donors (Lipinski definition) is 0. The van der Waals surface area contributed by atoms with E-state index in [-0.39, 0.29) is 0 Å². The molecule has 0 rings (SSSR count). The lowest BCUT2D eigenvalue weighted by Crippen LogP contribution is -1.69. The first-order valence-electron chi connectivity index (χ1n) is 2.83. The molecule has 0 saturated carbocycles. The van der Waals surface area contributed by atoms with Gasteiger partial charge in [0.1, 0.15) is 0 Å². The molecule has 7 heavy (non-hydrogen) atoms. The molecule has 0 atom stereocenters. The Labute approximate surface area is 54.4 Å². The lowest BCUT2D eigenvalue weighted by molar-refractivity contribution is 0.725. The van der Waals surface area contributed by atoms with Crippen molar-refractivity contribution in [1.82, 2.24) is 0 Å². The highest BCUT2D eigenvalue weighted by atomic mass is 79.9. The summed E-state index contributed by atoms with van der Waals surface area (Å²) in [6, 6.07) is 0. The van der Waals surface area contributed by atoms with Crippen molar-refractivity contribution in [2.75, 3.05) is 0 Å². The summed E-state index contributed by atoms with van der Waals surface area (Å²) in [6.07, 6.45) is 5.23. The van der Waals surface area contributed by atoms with Crippen molar-refractivity contribution in [2.45, 2.75) is 32.6 Å². The van der Waals surface area contributed by atoms with Gasteiger partial charge in [-0.15, -0.1) is 0 Å². The molecule has 0 aromatic heterocycles. The number of halogens is 1. The van der Waals surface area contributed by atoms with E-state index in [9.17, 15) is 0 Å². The number of rotatable bonds is 4. The highest BCUT2D eigenvalue weighted by molar-refractivity contribution is 9.10. The maximum Gasteiger partial charge on any atom is 0.0271 e. The molecule has 0 unspecified atom stereocenters. The van der Waals surface area contributed by atoms with E-state index in [1.165, 1.54) is 25.7 Å². The van der Waals surface area contributed by atoms with Gasteiger partial charge in [0.05, 0.1) is 0 Å². The van der Waals surface area contributed by atoms with Crippen LogP contribution in [-0.2, 0) is 0 Å². The minimum absolute atomic E-state index is 1.22. The number of unbranched alkanes of at least 4 members (excludes halogenated alkanes) is 3. The second-order valence-electron chi connectivity index (χ2n) is 1.65. The largest absolute Gasteiger partial charge is 0.0879 e. The van der Waals surface area contributed by atoms with Crippen LogP contribution in [0, 0.1) is 5.33 Å². The van der Waals surface area contributed by atoms with Gasteiger partial charge in [-0.25, -0.2) is 0 Å². The van der Waals surface area contributed by atoms with Gasteiger partial charge in [-0.1, -0.05) is 42.1 Å². The minimum atomic E-state index is 1.22. The molecule has 0 aliphatic carbocycles. The molecular weight excluding hydrogens is 152 g/mol. The normalized spacial score (nSPS) is 9.43. The van der Waals surface area contributed by atoms with E-state index in [2.05, 4.69) is 22.9 Å². The molecule has 0 fully saturated rings. The van der Waals surface area contributed by atoms with E-state index in [1.807, 2.05) is 5.33 Å². The Morgan fingerprint density at radius 1 is 1.43 bits per heavy atom. The molecule has 0 bridgehead atoms. The molecule has 0 saturated heterocycles. The summed E-state index contributed by atoms with van der Waals surface area (Å²) in [5.74, 6) is 0. The lowest BCUT2D eigenvalue weighted by Gasteiger charge is -1.89. The van der Waals surface area contributed by atoms with Crippen LogP contribution >= 0.6 is 15.9 Å². The van der Waals surface area contributed by atoms with Crippen molar-refractivity contribution < 1.29 is 0 Å². The van der Waals surface area contributed by atoms with Crippen LogP contribution in [0.3, 0.4) is 0 Å². The second-order valence-corrected chi connectivity index (χ2v) is 2.30. The Kier molecular flexibility index (Phi) is 6.92. The quantitative estimate of drug-likeness (QED) is 0.560. The van der Waals surface area contributed by atoms with Gasteiger partial charge in [0.15, 0.2) is 0 Å². The molecule has 0 nitrogen and oxygen atoms in total. The SMILES string of the molecule is CCCCC[CH]Br. The van der Waals surface area contributed by atoms with Crippen LogP contribution in [0.1, 0.15) is 32.6 Å². The molecule has 1 heteroatoms. The third-order valence-electron chi connectivity index (χ3n) is 0.917. The Balaban J connectivity index is 2.45. The molecule has 43 valence electrons. The van der Waals surface area contributed by atoms with E-state index < -0.39 is 0 Å². The highest BCUT2D eigenvalue weighted by Gasteiger charge is 1.81. The first-order valence-corrected chi connectivity index (χ1v) is 3.75. The van der Waals surface area contributed by atoms with Gasteiger partial charge in [0.25, 0.3) is 0 Å². The Hall–Kier alpha value is 0.480. The van der Waals surface area contributed by atoms with Crippen LogP contribution < -0.4 is 0 Å². The summed E-state index contributed by atoms with van der Waals surface area (Å²) >= 11 is 3.25. The van der Waals surface area contributed by atoms with E-state index in [1.54, 1.807) is 0 Å². The average molecular weight is 164 g/mol. The van der Waals surface area contributed by atoms with Crippen LogP contribution in [0.15, 0.2) is 0 Å². The molecule has 0 aromatic rings. The number of hydrogen-bond acceptors (Lipinski definition) is 0. The van der Waals surface area contributed by atoms with Crippen LogP contribution in [0.5, 0.6) is 0 Å². The van der Waals surface area contributed by atoms with Crippen molar-refractivity contribution in [2.24, 2.45) is 0 Å². The van der Waals surface area contributed by atoms with E-state index in [4.69, 9.17) is 0 Å². The molecular formula is C6H12Br. The fraction of sp³-hybridized carbons (Fsp3) is 0.833. The molecule has 0 N–H and O–H groups in total. The van der Waals surface area contributed by atoms with Gasteiger partial charge in [-0.3, -0.25) is 0 Å². The summed E-state index contributed by atoms with van der Waals surface area (Å²) < 4.78 is 0. The zero-order valence-corrected chi connectivity index (χ0v) is 6.37. The Morgan fingerprint density at radius 3 is 2.57 bits per heavy atom. The summed E-state index contributed by atoms with van der Waals surface area (Å²) in [7, 11) is 0. The maximum absolute atomic E-state index is 3.25. The fourth-order valence-electron chi connectivity index (χ4n) is 0.471. The van der Waals surface area contributed by atoms with Crippen LogP contribution in [0.25, 0.3) is 0 Å². The van der Waals surface area contributed by atoms with Crippen LogP contribution in [-0.4, -0.2) is 0 Å². The average Bonchev–Trinajstić information content (AvgIpc) is 1.69. The summed E-state index contributed by atoms with van der Waals surface area (Å²) in [4.78, 5) is 0. The molecule has 0 aromatic carbocycles. The monoisotopic (exact) mass is 163 g/mol. The van der Waals surface area contributed by atoms with E-state index in [0.29, 0.717) is 0 Å². The van der Waals surface area contributed by atoms with Gasteiger partial charge in [-0.05, 0) is 6.42 Å². The van der Waals surface area contributed by atoms with Crippen molar-refractivity contribution in [3.8, 4) is 0 Å². The van der Waals surface area contributed by atoms with Gasteiger partial charge < -0.3 is 0 Å². The molecule has 0 aliphatic heterocycles. The molecule has 0 spiro atoms. The van der Waals surface area contributed by atoms with E-state index >= 15 is 0 Å². The first-order chi connectivity index (χ1) is 3.41. The van der Waals surface area contributed by atoms with Crippen molar-refractivity contribution in [1.29, 1.82) is 0 Å². The standard InChI is InChI=1S/C6H12Br/c1-2-3-4-5-6-7/h6H,2-5H2,1H3. The van der Waals surface area contributed by atoms with Gasteiger partial charge >= 0.3 is 0 Å². The predicted octanol–water partition coefficient (Wildman–Crippen LogP) is 3.12. The highest BCUT2D eigenvalue weighted by Crippen LogP contribution is 2.03. The third-order valence-corrected chi connectivity index (χ3v) is 1.37. The minimum Gasteiger partial charge on any atom is -0.0879 e. The maximum atomic E-state index is 3.25. The van der Waals surface area contributed by atoms with E-state index in [0.717, 1.165) is 0 Å². The summed E-state index contributed by atoms with van der Waals surface area (Å²) in [5.41, 5.74) is 0. The molecule has 0 aliphatic rings. The first kappa shape index (κ1) is 7.48. The molecule has 1 radical (unpaired) electrons. The summed E-state index contributed by atoms with van der Waals surface area (Å²) in [6.45, 7) is 2.22. The van der Waals surface area contributed by atoms with Crippen molar-refractivity contribution in [3.63, 3.8) is 0 Å². The van der Waals surface area contributed by atoms with Crippen LogP contribution in [0.4, 0.5) is 0 Å². The Morgan fingerprint density at radius 2 is 2.14 bits per heavy atom. The van der Waals surface area contributed by atoms with Crippen molar-refractivity contribution in [3.05, 3.63) is 5.33 Å². The summed E-state index contributed by atoms with van der Waals surface area (Å²) in [5, 5.41) is 2.04. The predicted molar refractivity (Wildman–Crippen MR) is 37.4 cm³/mol. The lowest BCUT2D eigenvalue weighted by atomic mass is 10.2. The smallest absolute Gasteiger partial charge is 0.0271 e. The topological polar surface area (TPSA) is 0 Å². The zero-order chi connectivity index (χ0) is 5.54. The second kappa shape index (κ2) is 6.48. The van der Waals surface area contributed by atoms with Gasteiger partial charge in [0.2, 0.25) is 0 Å². The van der Waals surface area contributed by atoms with Gasteiger partial charge in [0, 0.05) is 5.33 Å². The molecule has 0 amide bonds. The third kappa shape index (κ3) is 6.48.